The van der Waals surface area contributed by atoms with Crippen LogP contribution in [0.4, 0.5) is 0 Å². The summed E-state index contributed by atoms with van der Waals surface area (Å²) in [5, 5.41) is 22.1. The third-order valence-corrected chi connectivity index (χ3v) is 2.07. The van der Waals surface area contributed by atoms with Gasteiger partial charge in [0.05, 0.1) is 0 Å². The second-order valence-electron chi connectivity index (χ2n) is 3.29. The lowest BCUT2D eigenvalue weighted by Crippen LogP contribution is -2.14. The minimum atomic E-state index is -1.47. The molecule has 6 heteroatoms. The molecule has 0 radical (unpaired) electrons. The Balaban J connectivity index is 2.48. The lowest BCUT2D eigenvalue weighted by Gasteiger charge is -1.98. The minimum Gasteiger partial charge on any atom is -0.423 e. The zero-order valence-corrected chi connectivity index (χ0v) is 7.75. The molecule has 0 aliphatic carbocycles. The van der Waals surface area contributed by atoms with Crippen LogP contribution in [0.3, 0.4) is 0 Å². The van der Waals surface area contributed by atoms with Crippen molar-refractivity contribution in [2.75, 3.05) is 0 Å². The number of rotatable bonds is 1. The maximum atomic E-state index is 9.06. The number of hydrogen-bond acceptors (Lipinski definition) is 4. The van der Waals surface area contributed by atoms with Crippen LogP contribution in [0.25, 0.3) is 6.20 Å². The lowest BCUT2D eigenvalue weighted by atomic mass is 9.79. The predicted molar refractivity (Wildman–Crippen MR) is 51.9 cm³/mol. The van der Waals surface area contributed by atoms with E-state index in [1.165, 1.54) is 6.33 Å². The fraction of sp³-hybridized carbons (Fsp3) is 0.250. The highest BCUT2D eigenvalue weighted by atomic mass is 16.4. The van der Waals surface area contributed by atoms with E-state index in [4.69, 9.17) is 10.0 Å². The van der Waals surface area contributed by atoms with Crippen molar-refractivity contribution in [3.8, 4) is 0 Å². The van der Waals surface area contributed by atoms with Crippen LogP contribution in [-0.4, -0.2) is 31.9 Å². The number of fused-ring (bicyclic) bond motifs is 1. The number of hydrogen-bond donors (Lipinski definition) is 2. The highest BCUT2D eigenvalue weighted by molar-refractivity contribution is 6.52. The molecule has 2 heterocycles. The molecule has 1 aliphatic heterocycles. The fourth-order valence-electron chi connectivity index (χ4n) is 1.41. The average Bonchev–Trinajstić information content (AvgIpc) is 2.45. The molecule has 5 nitrogen and oxygen atoms in total. The molecule has 0 atom stereocenters. The van der Waals surface area contributed by atoms with Gasteiger partial charge >= 0.3 is 7.12 Å². The average molecular weight is 191 g/mol. The van der Waals surface area contributed by atoms with E-state index >= 15 is 0 Å². The first-order chi connectivity index (χ1) is 6.66. The van der Waals surface area contributed by atoms with Crippen LogP contribution < -0.4 is 0 Å². The van der Waals surface area contributed by atoms with Crippen LogP contribution in [0.15, 0.2) is 23.4 Å². The normalized spacial score (nSPS) is 15.4. The number of allylic oxidation sites excluding steroid dienone is 3. The van der Waals surface area contributed by atoms with E-state index in [1.54, 1.807) is 17.0 Å². The number of nitrogens with zero attached hydrogens (tertiary/aromatic N) is 3. The van der Waals surface area contributed by atoms with Crippen molar-refractivity contribution >= 4 is 13.3 Å². The van der Waals surface area contributed by atoms with Gasteiger partial charge in [0.25, 0.3) is 0 Å². The highest BCUT2D eigenvalue weighted by Crippen LogP contribution is 2.14. The molecule has 1 aromatic rings. The van der Waals surface area contributed by atoms with Gasteiger partial charge in [-0.2, -0.15) is 5.10 Å². The molecule has 1 aromatic heterocycles. The molecule has 0 spiro atoms. The zero-order valence-electron chi connectivity index (χ0n) is 7.75. The summed E-state index contributed by atoms with van der Waals surface area (Å²) in [6, 6.07) is 0. The van der Waals surface area contributed by atoms with E-state index in [2.05, 4.69) is 10.1 Å². The topological polar surface area (TPSA) is 71.2 Å². The standard InChI is InChI=1S/C8H10BN3O2/c1-6-2-7(9(13)14)4-12-8(3-6)10-5-11-12/h2,4-5,13-14H,3H2,1H3. The third kappa shape index (κ3) is 1.62. The molecule has 0 amide bonds. The summed E-state index contributed by atoms with van der Waals surface area (Å²) in [6.07, 6.45) is 5.43. The quantitative estimate of drug-likeness (QED) is 0.594. The van der Waals surface area contributed by atoms with Gasteiger partial charge in [-0.05, 0) is 6.92 Å². The van der Waals surface area contributed by atoms with E-state index in [0.29, 0.717) is 11.9 Å². The van der Waals surface area contributed by atoms with E-state index in [9.17, 15) is 0 Å². The summed E-state index contributed by atoms with van der Waals surface area (Å²) >= 11 is 0. The van der Waals surface area contributed by atoms with Crippen LogP contribution in [-0.2, 0) is 6.42 Å². The van der Waals surface area contributed by atoms with Gasteiger partial charge in [0, 0.05) is 18.1 Å². The second-order valence-corrected chi connectivity index (χ2v) is 3.29. The summed E-state index contributed by atoms with van der Waals surface area (Å²) in [5.41, 5.74) is 1.45. The SMILES string of the molecule is CC1=CC(B(O)O)=Cn2ncnc2C1. The summed E-state index contributed by atoms with van der Waals surface area (Å²) in [5.74, 6) is 0.800. The van der Waals surface area contributed by atoms with E-state index in [1.807, 2.05) is 6.92 Å². The Morgan fingerprint density at radius 3 is 3.00 bits per heavy atom. The van der Waals surface area contributed by atoms with Crippen LogP contribution in [0.2, 0.25) is 0 Å². The molecule has 1 aliphatic rings. The van der Waals surface area contributed by atoms with Crippen LogP contribution in [0.5, 0.6) is 0 Å². The largest absolute Gasteiger partial charge is 0.490 e. The second kappa shape index (κ2) is 3.40. The summed E-state index contributed by atoms with van der Waals surface area (Å²) in [6.45, 7) is 1.92. The fourth-order valence-corrected chi connectivity index (χ4v) is 1.41. The zero-order chi connectivity index (χ0) is 10.1. The molecule has 0 fully saturated rings. The molecule has 0 unspecified atom stereocenters. The monoisotopic (exact) mass is 191 g/mol. The summed E-state index contributed by atoms with van der Waals surface area (Å²) in [4.78, 5) is 4.06. The van der Waals surface area contributed by atoms with Gasteiger partial charge in [0.15, 0.2) is 0 Å². The molecule has 2 N–H and O–H groups in total. The van der Waals surface area contributed by atoms with Gasteiger partial charge in [-0.3, -0.25) is 0 Å². The minimum absolute atomic E-state index is 0.423. The smallest absolute Gasteiger partial charge is 0.423 e. The maximum absolute atomic E-state index is 9.06. The highest BCUT2D eigenvalue weighted by Gasteiger charge is 2.17. The Morgan fingerprint density at radius 1 is 1.50 bits per heavy atom. The molecule has 0 bridgehead atoms. The van der Waals surface area contributed by atoms with E-state index < -0.39 is 7.12 Å². The van der Waals surface area contributed by atoms with Crippen molar-refractivity contribution in [2.45, 2.75) is 13.3 Å². The Hall–Kier alpha value is -1.40. The predicted octanol–water partition coefficient (Wildman–Crippen LogP) is -0.367. The third-order valence-electron chi connectivity index (χ3n) is 2.07. The molecule has 2 rings (SSSR count). The Morgan fingerprint density at radius 2 is 2.29 bits per heavy atom. The molecule has 72 valence electrons. The first kappa shape index (κ1) is 9.17. The van der Waals surface area contributed by atoms with Crippen LogP contribution in [0, 0.1) is 0 Å². The van der Waals surface area contributed by atoms with Crippen molar-refractivity contribution in [2.24, 2.45) is 0 Å². The van der Waals surface area contributed by atoms with Gasteiger partial charge in [-0.1, -0.05) is 11.6 Å². The van der Waals surface area contributed by atoms with Crippen molar-refractivity contribution in [3.63, 3.8) is 0 Å². The Bertz CT molecular complexity index is 408. The molecule has 0 saturated heterocycles. The first-order valence-corrected chi connectivity index (χ1v) is 4.30. The molecular formula is C8H10BN3O2. The lowest BCUT2D eigenvalue weighted by molar-refractivity contribution is 0.421. The van der Waals surface area contributed by atoms with Crippen LogP contribution in [0.1, 0.15) is 12.7 Å². The number of aromatic nitrogens is 3. The Labute approximate surface area is 81.5 Å². The van der Waals surface area contributed by atoms with Crippen molar-refractivity contribution < 1.29 is 10.0 Å². The molecular weight excluding hydrogens is 181 g/mol. The van der Waals surface area contributed by atoms with Crippen molar-refractivity contribution in [3.05, 3.63) is 29.3 Å². The molecule has 0 aromatic carbocycles. The van der Waals surface area contributed by atoms with E-state index in [-0.39, 0.29) is 0 Å². The van der Waals surface area contributed by atoms with Gasteiger partial charge in [0.1, 0.15) is 12.2 Å². The van der Waals surface area contributed by atoms with Gasteiger partial charge in [0.2, 0.25) is 0 Å². The molecule has 14 heavy (non-hydrogen) atoms. The van der Waals surface area contributed by atoms with Gasteiger partial charge < -0.3 is 10.0 Å². The Kier molecular flexibility index (Phi) is 2.22. The maximum Gasteiger partial charge on any atom is 0.490 e. The van der Waals surface area contributed by atoms with Crippen LogP contribution >= 0.6 is 0 Å². The summed E-state index contributed by atoms with van der Waals surface area (Å²) < 4.78 is 1.56. The first-order valence-electron chi connectivity index (χ1n) is 4.30. The molecule has 0 saturated carbocycles. The van der Waals surface area contributed by atoms with Gasteiger partial charge in [-0.15, -0.1) is 0 Å². The summed E-state index contributed by atoms with van der Waals surface area (Å²) in [7, 11) is -1.47. The van der Waals surface area contributed by atoms with Crippen molar-refractivity contribution in [1.82, 2.24) is 14.8 Å². The van der Waals surface area contributed by atoms with Crippen molar-refractivity contribution in [1.29, 1.82) is 0 Å². The van der Waals surface area contributed by atoms with E-state index in [0.717, 1.165) is 11.4 Å². The van der Waals surface area contributed by atoms with Gasteiger partial charge in [-0.25, -0.2) is 9.67 Å².